The van der Waals surface area contributed by atoms with E-state index in [4.69, 9.17) is 10.5 Å². The van der Waals surface area contributed by atoms with E-state index in [0.717, 1.165) is 0 Å². The summed E-state index contributed by atoms with van der Waals surface area (Å²) in [6.07, 6.45) is -5.39. The first-order valence-corrected chi connectivity index (χ1v) is 5.51. The smallest absolute Gasteiger partial charge is 0.392 e. The van der Waals surface area contributed by atoms with Crippen molar-refractivity contribution < 1.29 is 22.7 Å². The van der Waals surface area contributed by atoms with Crippen molar-refractivity contribution >= 4 is 11.6 Å². The Morgan fingerprint density at radius 2 is 2.00 bits per heavy atom. The molecule has 0 aromatic heterocycles. The van der Waals surface area contributed by atoms with Crippen LogP contribution >= 0.6 is 0 Å². The Kier molecular flexibility index (Phi) is 4.63. The van der Waals surface area contributed by atoms with E-state index in [1.807, 2.05) is 0 Å². The second kappa shape index (κ2) is 5.81. The minimum atomic E-state index is -4.30. The summed E-state index contributed by atoms with van der Waals surface area (Å²) in [6.45, 7) is -0.555. The van der Waals surface area contributed by atoms with Gasteiger partial charge in [-0.3, -0.25) is 4.79 Å². The Bertz CT molecular complexity index is 459. The Morgan fingerprint density at radius 3 is 2.53 bits per heavy atom. The molecule has 19 heavy (non-hydrogen) atoms. The molecule has 4 nitrogen and oxygen atoms in total. The second-order valence-electron chi connectivity index (χ2n) is 4.17. The first-order chi connectivity index (χ1) is 8.70. The molecule has 7 heteroatoms. The van der Waals surface area contributed by atoms with Crippen LogP contribution in [0.2, 0.25) is 0 Å². The zero-order valence-corrected chi connectivity index (χ0v) is 10.6. The lowest BCUT2D eigenvalue weighted by Crippen LogP contribution is -2.23. The number of amides is 1. The van der Waals surface area contributed by atoms with Crippen LogP contribution in [-0.4, -0.2) is 37.7 Å². The molecule has 0 aliphatic rings. The number of hydrogen-bond acceptors (Lipinski definition) is 3. The highest BCUT2D eigenvalue weighted by Gasteiger charge is 2.27. The molecule has 1 rings (SSSR count). The molecule has 0 aliphatic heterocycles. The van der Waals surface area contributed by atoms with Gasteiger partial charge in [0.1, 0.15) is 5.75 Å². The Balaban J connectivity index is 2.86. The van der Waals surface area contributed by atoms with Crippen molar-refractivity contribution in [3.8, 4) is 5.75 Å². The number of carbonyl (C=O) groups is 1. The summed E-state index contributed by atoms with van der Waals surface area (Å²) < 4.78 is 41.2. The normalized spacial score (nSPS) is 11.2. The van der Waals surface area contributed by atoms with Gasteiger partial charge in [0, 0.05) is 25.8 Å². The first-order valence-electron chi connectivity index (χ1n) is 5.51. The average molecular weight is 276 g/mol. The molecule has 0 heterocycles. The molecule has 106 valence electrons. The van der Waals surface area contributed by atoms with E-state index in [9.17, 15) is 18.0 Å². The predicted octanol–water partition coefficient (Wildman–Crippen LogP) is 2.30. The third kappa shape index (κ3) is 4.69. The average Bonchev–Trinajstić information content (AvgIpc) is 2.26. The van der Waals surface area contributed by atoms with E-state index >= 15 is 0 Å². The highest BCUT2D eigenvalue weighted by atomic mass is 19.4. The third-order valence-electron chi connectivity index (χ3n) is 2.29. The number of nitrogen functional groups attached to an aromatic ring is 1. The largest absolute Gasteiger partial charge is 0.492 e. The van der Waals surface area contributed by atoms with Gasteiger partial charge < -0.3 is 15.4 Å². The molecule has 0 bridgehead atoms. The van der Waals surface area contributed by atoms with Gasteiger partial charge >= 0.3 is 6.18 Å². The summed E-state index contributed by atoms with van der Waals surface area (Å²) in [5.41, 5.74) is 6.03. The number of anilines is 1. The molecule has 0 spiro atoms. The summed E-state index contributed by atoms with van der Waals surface area (Å²) in [4.78, 5) is 13.1. The van der Waals surface area contributed by atoms with Gasteiger partial charge in [-0.2, -0.15) is 13.2 Å². The van der Waals surface area contributed by atoms with E-state index in [1.165, 1.54) is 37.2 Å². The number of alkyl halides is 3. The van der Waals surface area contributed by atoms with Gasteiger partial charge in [-0.15, -0.1) is 0 Å². The molecule has 0 saturated heterocycles. The number of rotatable bonds is 4. The zero-order valence-electron chi connectivity index (χ0n) is 10.6. The van der Waals surface area contributed by atoms with Gasteiger partial charge in [-0.05, 0) is 12.1 Å². The number of carbonyl (C=O) groups excluding carboxylic acids is 1. The highest BCUT2D eigenvalue weighted by molar-refractivity contribution is 5.97. The fourth-order valence-electron chi connectivity index (χ4n) is 1.35. The number of benzene rings is 1. The first kappa shape index (κ1) is 15.1. The number of hydrogen-bond donors (Lipinski definition) is 1. The Morgan fingerprint density at radius 1 is 1.37 bits per heavy atom. The molecular weight excluding hydrogens is 261 g/mol. The molecular formula is C12H15F3N2O2. The molecule has 0 fully saturated rings. The molecule has 1 amide bonds. The maximum absolute atomic E-state index is 12.0. The van der Waals surface area contributed by atoms with Crippen LogP contribution in [0.25, 0.3) is 0 Å². The lowest BCUT2D eigenvalue weighted by molar-refractivity contribution is -0.139. The minimum absolute atomic E-state index is 0.0583. The lowest BCUT2D eigenvalue weighted by atomic mass is 10.1. The van der Waals surface area contributed by atoms with Crippen molar-refractivity contribution in [3.05, 3.63) is 23.8 Å². The van der Waals surface area contributed by atoms with Crippen LogP contribution in [0, 0.1) is 0 Å². The van der Waals surface area contributed by atoms with Crippen LogP contribution in [0.5, 0.6) is 5.75 Å². The van der Waals surface area contributed by atoms with Gasteiger partial charge in [-0.1, -0.05) is 0 Å². The molecule has 1 aromatic rings. The van der Waals surface area contributed by atoms with Crippen LogP contribution in [-0.2, 0) is 0 Å². The summed E-state index contributed by atoms with van der Waals surface area (Å²) in [6, 6.07) is 4.26. The monoisotopic (exact) mass is 276 g/mol. The second-order valence-corrected chi connectivity index (χ2v) is 4.17. The third-order valence-corrected chi connectivity index (χ3v) is 2.29. The maximum atomic E-state index is 12.0. The van der Waals surface area contributed by atoms with Gasteiger partial charge in [-0.25, -0.2) is 0 Å². The number of nitrogens with two attached hydrogens (primary N) is 1. The van der Waals surface area contributed by atoms with E-state index in [1.54, 1.807) is 0 Å². The quantitative estimate of drug-likeness (QED) is 0.858. The number of ether oxygens (including phenoxy) is 1. The number of halogens is 3. The van der Waals surface area contributed by atoms with E-state index in [-0.39, 0.29) is 17.2 Å². The van der Waals surface area contributed by atoms with Crippen LogP contribution in [0.1, 0.15) is 16.8 Å². The van der Waals surface area contributed by atoms with E-state index in [0.29, 0.717) is 5.69 Å². The minimum Gasteiger partial charge on any atom is -0.492 e. The summed E-state index contributed by atoms with van der Waals surface area (Å²) in [5.74, 6) is -0.301. The lowest BCUT2D eigenvalue weighted by Gasteiger charge is -2.15. The fraction of sp³-hybridized carbons (Fsp3) is 0.417. The number of nitrogens with zero attached hydrogens (tertiary/aromatic N) is 1. The highest BCUT2D eigenvalue weighted by Crippen LogP contribution is 2.25. The molecule has 0 radical (unpaired) electrons. The summed E-state index contributed by atoms with van der Waals surface area (Å²) in [7, 11) is 3.08. The van der Waals surface area contributed by atoms with Crippen LogP contribution in [0.15, 0.2) is 18.2 Å². The molecule has 0 atom stereocenters. The van der Waals surface area contributed by atoms with Crippen molar-refractivity contribution in [1.29, 1.82) is 0 Å². The topological polar surface area (TPSA) is 55.6 Å². The van der Waals surface area contributed by atoms with Crippen LogP contribution < -0.4 is 10.5 Å². The van der Waals surface area contributed by atoms with E-state index < -0.39 is 19.2 Å². The van der Waals surface area contributed by atoms with Crippen molar-refractivity contribution in [2.24, 2.45) is 0 Å². The summed E-state index contributed by atoms with van der Waals surface area (Å²) in [5, 5.41) is 0. The molecule has 0 aliphatic carbocycles. The Hall–Kier alpha value is -1.92. The van der Waals surface area contributed by atoms with E-state index in [2.05, 4.69) is 0 Å². The van der Waals surface area contributed by atoms with Crippen molar-refractivity contribution in [1.82, 2.24) is 4.90 Å². The van der Waals surface area contributed by atoms with Gasteiger partial charge in [0.15, 0.2) is 0 Å². The molecule has 0 unspecified atom stereocenters. The van der Waals surface area contributed by atoms with Crippen LogP contribution in [0.3, 0.4) is 0 Å². The molecule has 1 aromatic carbocycles. The van der Waals surface area contributed by atoms with Gasteiger partial charge in [0.05, 0.1) is 18.6 Å². The van der Waals surface area contributed by atoms with Crippen molar-refractivity contribution in [2.75, 3.05) is 26.4 Å². The maximum Gasteiger partial charge on any atom is 0.392 e. The van der Waals surface area contributed by atoms with Crippen molar-refractivity contribution in [2.45, 2.75) is 12.6 Å². The molecule has 0 saturated carbocycles. The van der Waals surface area contributed by atoms with Gasteiger partial charge in [0.25, 0.3) is 5.91 Å². The predicted molar refractivity (Wildman–Crippen MR) is 65.0 cm³/mol. The molecule has 2 N–H and O–H groups in total. The fourth-order valence-corrected chi connectivity index (χ4v) is 1.35. The Labute approximate surface area is 108 Å². The summed E-state index contributed by atoms with van der Waals surface area (Å²) >= 11 is 0. The van der Waals surface area contributed by atoms with Crippen molar-refractivity contribution in [3.63, 3.8) is 0 Å². The van der Waals surface area contributed by atoms with Crippen LogP contribution in [0.4, 0.5) is 18.9 Å². The van der Waals surface area contributed by atoms with Gasteiger partial charge in [0.2, 0.25) is 0 Å². The SMILES string of the molecule is CN(C)C(=O)c1ccc(N)cc1OCCC(F)(F)F. The standard InChI is InChI=1S/C12H15F3N2O2/c1-17(2)11(18)9-4-3-8(16)7-10(9)19-6-5-12(13,14)15/h3-4,7H,5-6,16H2,1-2H3. The zero-order chi connectivity index (χ0) is 14.6.